The van der Waals surface area contributed by atoms with Gasteiger partial charge in [-0.15, -0.1) is 0 Å². The zero-order chi connectivity index (χ0) is 7.28. The van der Waals surface area contributed by atoms with E-state index in [1.54, 1.807) is 0 Å². The molecule has 0 amide bonds. The summed E-state index contributed by atoms with van der Waals surface area (Å²) in [5.41, 5.74) is 0. The molecule has 11 heavy (non-hydrogen) atoms. The Hall–Kier alpha value is 0.900. The Morgan fingerprint density at radius 1 is 1.00 bits per heavy atom. The number of rotatable bonds is 4. The fourth-order valence-corrected chi connectivity index (χ4v) is 0.218. The standard InChI is InChI=1S/C4H6O5.2Na/c5-3(6)1-9-2-4(7)8;;/h1-2H2,(H,5,6)(H,7,8);;/q;2*+1/p-2. The topological polar surface area (TPSA) is 89.5 Å². The third kappa shape index (κ3) is 18.1. The summed E-state index contributed by atoms with van der Waals surface area (Å²) in [4.78, 5) is 19.1. The van der Waals surface area contributed by atoms with Gasteiger partial charge in [0.25, 0.3) is 0 Å². The predicted molar refractivity (Wildman–Crippen MR) is 20.8 cm³/mol. The molecule has 0 unspecified atom stereocenters. The van der Waals surface area contributed by atoms with Gasteiger partial charge in [0.2, 0.25) is 0 Å². The van der Waals surface area contributed by atoms with Gasteiger partial charge in [-0.05, 0) is 0 Å². The molecule has 0 spiro atoms. The summed E-state index contributed by atoms with van der Waals surface area (Å²) < 4.78 is 4.03. The summed E-state index contributed by atoms with van der Waals surface area (Å²) in [6, 6.07) is 0. The molecule has 0 aromatic heterocycles. The normalized spacial score (nSPS) is 7.27. The van der Waals surface area contributed by atoms with Crippen molar-refractivity contribution in [2.24, 2.45) is 0 Å². The molecule has 0 fully saturated rings. The van der Waals surface area contributed by atoms with Gasteiger partial charge in [-0.1, -0.05) is 0 Å². The van der Waals surface area contributed by atoms with E-state index < -0.39 is 25.2 Å². The van der Waals surface area contributed by atoms with Crippen LogP contribution in [0.2, 0.25) is 0 Å². The van der Waals surface area contributed by atoms with Crippen molar-refractivity contribution in [3.05, 3.63) is 0 Å². The van der Waals surface area contributed by atoms with Gasteiger partial charge < -0.3 is 24.5 Å². The average Bonchev–Trinajstić information content (AvgIpc) is 1.63. The summed E-state index contributed by atoms with van der Waals surface area (Å²) in [6.45, 7) is -1.43. The van der Waals surface area contributed by atoms with Gasteiger partial charge >= 0.3 is 59.1 Å². The molecule has 0 bridgehead atoms. The molecule has 0 aromatic rings. The van der Waals surface area contributed by atoms with Gasteiger partial charge in [0, 0.05) is 0 Å². The van der Waals surface area contributed by atoms with E-state index >= 15 is 0 Å². The maximum atomic E-state index is 9.53. The molecule has 52 valence electrons. The van der Waals surface area contributed by atoms with Crippen LogP contribution in [0, 0.1) is 0 Å². The second-order valence-corrected chi connectivity index (χ2v) is 1.24. The van der Waals surface area contributed by atoms with E-state index in [0.29, 0.717) is 0 Å². The smallest absolute Gasteiger partial charge is 0.548 e. The van der Waals surface area contributed by atoms with Crippen LogP contribution in [0.4, 0.5) is 0 Å². The summed E-state index contributed by atoms with van der Waals surface area (Å²) in [6.07, 6.45) is 0. The Balaban J connectivity index is -0.000000320. The van der Waals surface area contributed by atoms with E-state index in [1.165, 1.54) is 0 Å². The van der Waals surface area contributed by atoms with Crippen molar-refractivity contribution in [1.29, 1.82) is 0 Å². The maximum absolute atomic E-state index is 9.53. The van der Waals surface area contributed by atoms with E-state index in [9.17, 15) is 19.8 Å². The molecule has 0 aromatic carbocycles. The van der Waals surface area contributed by atoms with Crippen LogP contribution in [-0.4, -0.2) is 25.2 Å². The van der Waals surface area contributed by atoms with Crippen LogP contribution < -0.4 is 69.3 Å². The molecule has 0 aliphatic rings. The predicted octanol–water partition coefficient (Wildman–Crippen LogP) is -9.49. The van der Waals surface area contributed by atoms with Crippen molar-refractivity contribution in [3.8, 4) is 0 Å². The monoisotopic (exact) mass is 178 g/mol. The molecule has 7 heteroatoms. The van der Waals surface area contributed by atoms with Crippen LogP contribution in [0.5, 0.6) is 0 Å². The van der Waals surface area contributed by atoms with E-state index in [0.717, 1.165) is 0 Å². The maximum Gasteiger partial charge on any atom is 1.00 e. The zero-order valence-corrected chi connectivity index (χ0v) is 10.5. The molecule has 0 rings (SSSR count). The van der Waals surface area contributed by atoms with Crippen molar-refractivity contribution in [1.82, 2.24) is 0 Å². The quantitative estimate of drug-likeness (QED) is 0.399. The molecule has 0 N–H and O–H groups in total. The van der Waals surface area contributed by atoms with Crippen molar-refractivity contribution in [2.75, 3.05) is 13.2 Å². The first-order valence-corrected chi connectivity index (χ1v) is 2.10. The third-order valence-electron chi connectivity index (χ3n) is 0.440. The number of ether oxygens (including phenoxy) is 1. The number of hydrogen-bond acceptors (Lipinski definition) is 5. The molecule has 0 aliphatic heterocycles. The second-order valence-electron chi connectivity index (χ2n) is 1.24. The number of hydrogen-bond donors (Lipinski definition) is 0. The van der Waals surface area contributed by atoms with Gasteiger partial charge in [-0.3, -0.25) is 0 Å². The first-order chi connectivity index (χ1) is 4.13. The SMILES string of the molecule is O=C([O-])COCC(=O)[O-].[Na+].[Na+]. The second kappa shape index (κ2) is 10.9. The van der Waals surface area contributed by atoms with Crippen LogP contribution >= 0.6 is 0 Å². The number of aliphatic carboxylic acids is 2. The molecule has 0 radical (unpaired) electrons. The fraction of sp³-hybridized carbons (Fsp3) is 0.500. The summed E-state index contributed by atoms with van der Waals surface area (Å²) in [5, 5.41) is 19.1. The van der Waals surface area contributed by atoms with Crippen molar-refractivity contribution >= 4 is 11.9 Å². The van der Waals surface area contributed by atoms with E-state index in [2.05, 4.69) is 4.74 Å². The first kappa shape index (κ1) is 17.8. The summed E-state index contributed by atoms with van der Waals surface area (Å²) in [5.74, 6) is -2.90. The summed E-state index contributed by atoms with van der Waals surface area (Å²) in [7, 11) is 0. The molecule has 0 atom stereocenters. The van der Waals surface area contributed by atoms with E-state index in [1.807, 2.05) is 0 Å². The molecule has 0 saturated heterocycles. The van der Waals surface area contributed by atoms with Crippen LogP contribution in [0.3, 0.4) is 0 Å². The minimum absolute atomic E-state index is 0. The molecule has 5 nitrogen and oxygen atoms in total. The largest absolute Gasteiger partial charge is 1.00 e. The van der Waals surface area contributed by atoms with Crippen LogP contribution in [-0.2, 0) is 14.3 Å². The van der Waals surface area contributed by atoms with Gasteiger partial charge in [0.1, 0.15) is 0 Å². The zero-order valence-electron chi connectivity index (χ0n) is 6.46. The summed E-state index contributed by atoms with van der Waals surface area (Å²) >= 11 is 0. The molecule has 0 aliphatic carbocycles. The third-order valence-corrected chi connectivity index (χ3v) is 0.440. The van der Waals surface area contributed by atoms with Crippen molar-refractivity contribution in [2.45, 2.75) is 0 Å². The Kier molecular flexibility index (Phi) is 17.7. The van der Waals surface area contributed by atoms with Crippen LogP contribution in [0.15, 0.2) is 0 Å². The Bertz CT molecular complexity index is 112. The minimum atomic E-state index is -1.45. The fourth-order valence-electron chi connectivity index (χ4n) is 0.218. The van der Waals surface area contributed by atoms with Gasteiger partial charge in [-0.2, -0.15) is 0 Å². The van der Waals surface area contributed by atoms with Gasteiger partial charge in [0.05, 0.1) is 25.2 Å². The molecular formula is C4H4Na2O5. The molecule has 0 heterocycles. The van der Waals surface area contributed by atoms with Gasteiger partial charge in [-0.25, -0.2) is 0 Å². The minimum Gasteiger partial charge on any atom is -0.548 e. The average molecular weight is 178 g/mol. The molecule has 0 saturated carbocycles. The number of carbonyl (C=O) groups excluding carboxylic acids is 2. The number of carboxylic acids is 2. The van der Waals surface area contributed by atoms with E-state index in [4.69, 9.17) is 0 Å². The first-order valence-electron chi connectivity index (χ1n) is 2.10. The Morgan fingerprint density at radius 2 is 1.27 bits per heavy atom. The number of carboxylic acid groups (broad SMARTS) is 2. The van der Waals surface area contributed by atoms with Crippen LogP contribution in [0.25, 0.3) is 0 Å². The van der Waals surface area contributed by atoms with Gasteiger partial charge in [0.15, 0.2) is 0 Å². The van der Waals surface area contributed by atoms with Crippen molar-refractivity contribution < 1.29 is 83.7 Å². The van der Waals surface area contributed by atoms with E-state index in [-0.39, 0.29) is 59.1 Å². The molecular weight excluding hydrogens is 174 g/mol. The Labute approximate surface area is 108 Å². The Morgan fingerprint density at radius 3 is 1.45 bits per heavy atom. The number of carbonyl (C=O) groups is 2. The van der Waals surface area contributed by atoms with Crippen LogP contribution in [0.1, 0.15) is 0 Å². The van der Waals surface area contributed by atoms with Crippen molar-refractivity contribution in [3.63, 3.8) is 0 Å².